The van der Waals surface area contributed by atoms with Crippen molar-refractivity contribution >= 4 is 0 Å². The van der Waals surface area contributed by atoms with Crippen molar-refractivity contribution in [2.75, 3.05) is 13.7 Å². The zero-order valence-electron chi connectivity index (χ0n) is 8.86. The number of pyridine rings is 1. The molecule has 1 aromatic rings. The summed E-state index contributed by atoms with van der Waals surface area (Å²) in [5.74, 6) is 0.628. The molecule has 0 saturated carbocycles. The molecular formula is C11H15N3O. The van der Waals surface area contributed by atoms with Gasteiger partial charge in [-0.25, -0.2) is 4.98 Å². The lowest BCUT2D eigenvalue weighted by atomic mass is 10.2. The van der Waals surface area contributed by atoms with Gasteiger partial charge < -0.3 is 10.1 Å². The normalized spacial score (nSPS) is 9.60. The first-order valence-corrected chi connectivity index (χ1v) is 4.93. The molecule has 0 radical (unpaired) electrons. The van der Waals surface area contributed by atoms with Gasteiger partial charge >= 0.3 is 0 Å². The molecule has 4 heteroatoms. The van der Waals surface area contributed by atoms with E-state index in [1.807, 2.05) is 12.1 Å². The molecule has 1 aromatic heterocycles. The summed E-state index contributed by atoms with van der Waals surface area (Å²) in [5.41, 5.74) is 1.12. The van der Waals surface area contributed by atoms with Gasteiger partial charge in [0.1, 0.15) is 0 Å². The van der Waals surface area contributed by atoms with Gasteiger partial charge in [0.15, 0.2) is 0 Å². The molecule has 1 N–H and O–H groups in total. The van der Waals surface area contributed by atoms with E-state index < -0.39 is 0 Å². The summed E-state index contributed by atoms with van der Waals surface area (Å²) in [6.45, 7) is 1.64. The van der Waals surface area contributed by atoms with Gasteiger partial charge in [-0.05, 0) is 18.5 Å². The van der Waals surface area contributed by atoms with Crippen molar-refractivity contribution in [2.24, 2.45) is 0 Å². The Morgan fingerprint density at radius 1 is 1.53 bits per heavy atom. The molecule has 0 fully saturated rings. The average molecular weight is 205 g/mol. The lowest BCUT2D eigenvalue weighted by Crippen LogP contribution is -2.14. The minimum atomic E-state index is 0.605. The molecule has 80 valence electrons. The van der Waals surface area contributed by atoms with Gasteiger partial charge in [0.05, 0.1) is 13.2 Å². The molecule has 0 aliphatic heterocycles. The van der Waals surface area contributed by atoms with E-state index in [2.05, 4.69) is 16.4 Å². The number of methoxy groups -OCH3 is 1. The van der Waals surface area contributed by atoms with Crippen molar-refractivity contribution in [3.8, 4) is 11.9 Å². The molecule has 0 aliphatic carbocycles. The monoisotopic (exact) mass is 205 g/mol. The molecule has 0 bridgehead atoms. The maximum Gasteiger partial charge on any atom is 0.212 e. The lowest BCUT2D eigenvalue weighted by molar-refractivity contribution is 0.397. The van der Waals surface area contributed by atoms with Crippen LogP contribution in [0, 0.1) is 11.3 Å². The van der Waals surface area contributed by atoms with Gasteiger partial charge in [-0.2, -0.15) is 5.26 Å². The van der Waals surface area contributed by atoms with E-state index in [0.717, 1.165) is 25.1 Å². The van der Waals surface area contributed by atoms with E-state index in [1.165, 1.54) is 0 Å². The summed E-state index contributed by atoms with van der Waals surface area (Å²) >= 11 is 0. The molecule has 0 unspecified atom stereocenters. The van der Waals surface area contributed by atoms with Crippen LogP contribution in [0.25, 0.3) is 0 Å². The molecule has 0 aliphatic rings. The third-order valence-electron chi connectivity index (χ3n) is 1.98. The first-order valence-electron chi connectivity index (χ1n) is 4.93. The number of nitriles is 1. The molecule has 15 heavy (non-hydrogen) atoms. The smallest absolute Gasteiger partial charge is 0.212 e. The van der Waals surface area contributed by atoms with Crippen LogP contribution in [0.1, 0.15) is 18.4 Å². The van der Waals surface area contributed by atoms with Crippen LogP contribution in [0.5, 0.6) is 5.88 Å². The Kier molecular flexibility index (Phi) is 5.20. The van der Waals surface area contributed by atoms with Crippen LogP contribution in [0.15, 0.2) is 18.3 Å². The van der Waals surface area contributed by atoms with E-state index in [0.29, 0.717) is 12.3 Å². The largest absolute Gasteiger partial charge is 0.481 e. The van der Waals surface area contributed by atoms with Crippen LogP contribution in [0.2, 0.25) is 0 Å². The van der Waals surface area contributed by atoms with Crippen LogP contribution in [-0.4, -0.2) is 18.6 Å². The Morgan fingerprint density at radius 2 is 2.40 bits per heavy atom. The zero-order valence-corrected chi connectivity index (χ0v) is 8.86. The summed E-state index contributed by atoms with van der Waals surface area (Å²) in [6.07, 6.45) is 3.28. The molecule has 4 nitrogen and oxygen atoms in total. The fourth-order valence-electron chi connectivity index (χ4n) is 1.16. The molecule has 0 spiro atoms. The Balaban J connectivity index is 2.23. The molecule has 1 rings (SSSR count). The number of unbranched alkanes of at least 4 members (excludes halogenated alkanes) is 1. The zero-order chi connectivity index (χ0) is 10.9. The van der Waals surface area contributed by atoms with E-state index >= 15 is 0 Å². The highest BCUT2D eigenvalue weighted by Crippen LogP contribution is 2.05. The van der Waals surface area contributed by atoms with Gasteiger partial charge in [-0.1, -0.05) is 6.07 Å². The summed E-state index contributed by atoms with van der Waals surface area (Å²) < 4.78 is 4.96. The first kappa shape index (κ1) is 11.5. The number of hydrogen-bond acceptors (Lipinski definition) is 4. The Labute approximate surface area is 89.9 Å². The number of aromatic nitrogens is 1. The Morgan fingerprint density at radius 3 is 3.00 bits per heavy atom. The highest BCUT2D eigenvalue weighted by molar-refractivity contribution is 5.17. The van der Waals surface area contributed by atoms with Crippen LogP contribution < -0.4 is 10.1 Å². The number of nitrogens with zero attached hydrogens (tertiary/aromatic N) is 2. The third-order valence-corrected chi connectivity index (χ3v) is 1.98. The summed E-state index contributed by atoms with van der Waals surface area (Å²) in [7, 11) is 1.60. The highest BCUT2D eigenvalue weighted by Gasteiger charge is 1.94. The van der Waals surface area contributed by atoms with Crippen molar-refractivity contribution in [2.45, 2.75) is 19.4 Å². The van der Waals surface area contributed by atoms with Gasteiger partial charge in [-0.3, -0.25) is 0 Å². The van der Waals surface area contributed by atoms with E-state index in [1.54, 1.807) is 13.3 Å². The summed E-state index contributed by atoms with van der Waals surface area (Å²) in [4.78, 5) is 4.10. The molecule has 0 atom stereocenters. The molecule has 0 amide bonds. The van der Waals surface area contributed by atoms with E-state index in [4.69, 9.17) is 10.00 Å². The maximum absolute atomic E-state index is 8.34. The second-order valence-electron chi connectivity index (χ2n) is 3.15. The predicted molar refractivity (Wildman–Crippen MR) is 57.3 cm³/mol. The quantitative estimate of drug-likeness (QED) is 0.715. The standard InChI is InChI=1S/C11H15N3O/c1-15-11-5-4-10(9-14-11)8-13-7-3-2-6-12/h4-5,9,13H,2-3,7-8H2,1H3. The fourth-order valence-corrected chi connectivity index (χ4v) is 1.16. The molecule has 0 aromatic carbocycles. The summed E-state index contributed by atoms with van der Waals surface area (Å²) in [5, 5.41) is 11.6. The SMILES string of the molecule is COc1ccc(CNCCCC#N)cn1. The Hall–Kier alpha value is -1.60. The van der Waals surface area contributed by atoms with Crippen molar-refractivity contribution in [3.05, 3.63) is 23.9 Å². The highest BCUT2D eigenvalue weighted by atomic mass is 16.5. The fraction of sp³-hybridized carbons (Fsp3) is 0.455. The number of nitrogens with one attached hydrogen (secondary N) is 1. The number of rotatable bonds is 6. The number of hydrogen-bond donors (Lipinski definition) is 1. The van der Waals surface area contributed by atoms with Crippen molar-refractivity contribution in [3.63, 3.8) is 0 Å². The second-order valence-corrected chi connectivity index (χ2v) is 3.15. The van der Waals surface area contributed by atoms with Crippen LogP contribution in [0.3, 0.4) is 0 Å². The maximum atomic E-state index is 8.34. The van der Waals surface area contributed by atoms with E-state index in [9.17, 15) is 0 Å². The molecule has 1 heterocycles. The lowest BCUT2D eigenvalue weighted by Gasteiger charge is -2.03. The van der Waals surface area contributed by atoms with Crippen LogP contribution >= 0.6 is 0 Å². The van der Waals surface area contributed by atoms with Gasteiger partial charge in [0.25, 0.3) is 0 Å². The van der Waals surface area contributed by atoms with Crippen LogP contribution in [-0.2, 0) is 6.54 Å². The van der Waals surface area contributed by atoms with Crippen molar-refractivity contribution < 1.29 is 4.74 Å². The van der Waals surface area contributed by atoms with E-state index in [-0.39, 0.29) is 0 Å². The molecule has 0 saturated heterocycles. The second kappa shape index (κ2) is 6.80. The van der Waals surface area contributed by atoms with Crippen molar-refractivity contribution in [1.29, 1.82) is 5.26 Å². The van der Waals surface area contributed by atoms with Gasteiger partial charge in [0, 0.05) is 25.2 Å². The number of ether oxygens (including phenoxy) is 1. The van der Waals surface area contributed by atoms with Crippen molar-refractivity contribution in [1.82, 2.24) is 10.3 Å². The minimum absolute atomic E-state index is 0.605. The van der Waals surface area contributed by atoms with Crippen LogP contribution in [0.4, 0.5) is 0 Å². The topological polar surface area (TPSA) is 57.9 Å². The van der Waals surface area contributed by atoms with Gasteiger partial charge in [0.2, 0.25) is 5.88 Å². The molecular weight excluding hydrogens is 190 g/mol. The minimum Gasteiger partial charge on any atom is -0.481 e. The Bertz CT molecular complexity index is 316. The first-order chi connectivity index (χ1) is 7.36. The average Bonchev–Trinajstić information content (AvgIpc) is 2.30. The predicted octanol–water partition coefficient (Wildman–Crippen LogP) is 1.48. The third kappa shape index (κ3) is 4.43. The summed E-state index contributed by atoms with van der Waals surface area (Å²) in [6, 6.07) is 5.93. The van der Waals surface area contributed by atoms with Gasteiger partial charge in [-0.15, -0.1) is 0 Å².